The van der Waals surface area contributed by atoms with Crippen molar-refractivity contribution >= 4 is 21.4 Å². The van der Waals surface area contributed by atoms with E-state index >= 15 is 0 Å². The predicted molar refractivity (Wildman–Crippen MR) is 84.5 cm³/mol. The number of sulfone groups is 1. The molecule has 1 atom stereocenters. The summed E-state index contributed by atoms with van der Waals surface area (Å²) in [5.41, 5.74) is 0.715. The molecule has 1 aromatic carbocycles. The van der Waals surface area contributed by atoms with Crippen LogP contribution in [0.25, 0.3) is 0 Å². The van der Waals surface area contributed by atoms with E-state index in [4.69, 9.17) is 4.74 Å². The normalized spacial score (nSPS) is 22.5. The van der Waals surface area contributed by atoms with Crippen molar-refractivity contribution in [2.75, 3.05) is 17.3 Å². The van der Waals surface area contributed by atoms with E-state index in [0.29, 0.717) is 12.3 Å². The Kier molecular flexibility index (Phi) is 3.95. The van der Waals surface area contributed by atoms with E-state index < -0.39 is 15.9 Å². The summed E-state index contributed by atoms with van der Waals surface area (Å²) in [5, 5.41) is 1.21. The summed E-state index contributed by atoms with van der Waals surface area (Å²) in [7, 11) is -3.20. The SMILES string of the molecule is CCOc1ccc(N(C(=O)C2CC2)[C@H]2C=CS(=O)(=O)C2)cc1. The highest BCUT2D eigenvalue weighted by molar-refractivity contribution is 7.94. The summed E-state index contributed by atoms with van der Waals surface area (Å²) in [5.74, 6) is 0.734. The summed E-state index contributed by atoms with van der Waals surface area (Å²) in [6, 6.07) is 6.81. The van der Waals surface area contributed by atoms with Crippen molar-refractivity contribution in [1.29, 1.82) is 0 Å². The number of ether oxygens (including phenoxy) is 1. The standard InChI is InChI=1S/C16H19NO4S/c1-2-21-15-7-5-13(6-8-15)17(16(18)12-3-4-12)14-9-10-22(19,20)11-14/h5-10,12,14H,2-4,11H2,1H3/t14-/m0/s1. The van der Waals surface area contributed by atoms with E-state index in [9.17, 15) is 13.2 Å². The molecule has 118 valence electrons. The van der Waals surface area contributed by atoms with Crippen LogP contribution >= 0.6 is 0 Å². The second-order valence-corrected chi connectivity index (χ2v) is 7.57. The zero-order valence-electron chi connectivity index (χ0n) is 12.4. The number of carbonyl (C=O) groups excluding carboxylic acids is 1. The van der Waals surface area contributed by atoms with Crippen LogP contribution in [0.4, 0.5) is 5.69 Å². The molecule has 0 bridgehead atoms. The van der Waals surface area contributed by atoms with Gasteiger partial charge in [-0.25, -0.2) is 8.42 Å². The van der Waals surface area contributed by atoms with Crippen LogP contribution in [0, 0.1) is 5.92 Å². The quantitative estimate of drug-likeness (QED) is 0.833. The number of nitrogens with zero attached hydrogens (tertiary/aromatic N) is 1. The van der Waals surface area contributed by atoms with Gasteiger partial charge in [0, 0.05) is 17.0 Å². The minimum Gasteiger partial charge on any atom is -0.494 e. The summed E-state index contributed by atoms with van der Waals surface area (Å²) in [4.78, 5) is 14.2. The lowest BCUT2D eigenvalue weighted by molar-refractivity contribution is -0.120. The van der Waals surface area contributed by atoms with Gasteiger partial charge in [0.05, 0.1) is 18.4 Å². The summed E-state index contributed by atoms with van der Waals surface area (Å²) >= 11 is 0. The molecule has 0 N–H and O–H groups in total. The van der Waals surface area contributed by atoms with Crippen LogP contribution in [0.1, 0.15) is 19.8 Å². The van der Waals surface area contributed by atoms with Crippen LogP contribution in [0.15, 0.2) is 35.7 Å². The zero-order chi connectivity index (χ0) is 15.7. The van der Waals surface area contributed by atoms with Crippen molar-refractivity contribution in [1.82, 2.24) is 0 Å². The van der Waals surface area contributed by atoms with Gasteiger partial charge in [-0.1, -0.05) is 0 Å². The number of rotatable bonds is 5. The fourth-order valence-electron chi connectivity index (χ4n) is 2.60. The molecule has 0 saturated heterocycles. The molecule has 2 aliphatic rings. The van der Waals surface area contributed by atoms with Gasteiger partial charge in [0.2, 0.25) is 5.91 Å². The highest BCUT2D eigenvalue weighted by atomic mass is 32.2. The van der Waals surface area contributed by atoms with Crippen molar-refractivity contribution in [2.24, 2.45) is 5.92 Å². The fraction of sp³-hybridized carbons (Fsp3) is 0.438. The molecule has 0 spiro atoms. The first-order valence-corrected chi connectivity index (χ1v) is 9.18. The van der Waals surface area contributed by atoms with Crippen molar-refractivity contribution in [3.05, 3.63) is 35.7 Å². The molecule has 1 aromatic rings. The van der Waals surface area contributed by atoms with Gasteiger partial charge >= 0.3 is 0 Å². The molecular weight excluding hydrogens is 302 g/mol. The molecule has 3 rings (SSSR count). The maximum atomic E-state index is 12.6. The van der Waals surface area contributed by atoms with Crippen LogP contribution < -0.4 is 9.64 Å². The lowest BCUT2D eigenvalue weighted by Crippen LogP contribution is -2.42. The number of anilines is 1. The topological polar surface area (TPSA) is 63.7 Å². The van der Waals surface area contributed by atoms with Crippen LogP contribution in [-0.2, 0) is 14.6 Å². The molecular formula is C16H19NO4S. The molecule has 1 amide bonds. The fourth-order valence-corrected chi connectivity index (χ4v) is 3.87. The Labute approximate surface area is 130 Å². The van der Waals surface area contributed by atoms with Gasteiger partial charge in [0.25, 0.3) is 0 Å². The molecule has 0 unspecified atom stereocenters. The molecule has 1 fully saturated rings. The van der Waals surface area contributed by atoms with Gasteiger partial charge in [0.1, 0.15) is 5.75 Å². The second kappa shape index (κ2) is 5.76. The van der Waals surface area contributed by atoms with E-state index in [0.717, 1.165) is 18.6 Å². The molecule has 5 nitrogen and oxygen atoms in total. The van der Waals surface area contributed by atoms with E-state index in [2.05, 4.69) is 0 Å². The first-order chi connectivity index (χ1) is 10.5. The minimum atomic E-state index is -3.20. The van der Waals surface area contributed by atoms with E-state index in [-0.39, 0.29) is 17.6 Å². The number of hydrogen-bond donors (Lipinski definition) is 0. The van der Waals surface area contributed by atoms with Crippen molar-refractivity contribution in [3.63, 3.8) is 0 Å². The summed E-state index contributed by atoms with van der Waals surface area (Å²) in [6.45, 7) is 2.48. The van der Waals surface area contributed by atoms with Crippen LogP contribution in [-0.4, -0.2) is 32.7 Å². The summed E-state index contributed by atoms with van der Waals surface area (Å²) in [6.07, 6.45) is 3.37. The van der Waals surface area contributed by atoms with Crippen molar-refractivity contribution in [3.8, 4) is 5.75 Å². The van der Waals surface area contributed by atoms with Crippen molar-refractivity contribution < 1.29 is 17.9 Å². The average molecular weight is 321 g/mol. The highest BCUT2D eigenvalue weighted by Gasteiger charge is 2.39. The van der Waals surface area contributed by atoms with Gasteiger partial charge in [-0.05, 0) is 50.1 Å². The van der Waals surface area contributed by atoms with E-state index in [1.54, 1.807) is 23.1 Å². The maximum Gasteiger partial charge on any atom is 0.230 e. The average Bonchev–Trinajstić information content (AvgIpc) is 3.26. The molecule has 22 heavy (non-hydrogen) atoms. The third-order valence-electron chi connectivity index (χ3n) is 3.83. The van der Waals surface area contributed by atoms with Gasteiger partial charge in [-0.3, -0.25) is 4.79 Å². The first-order valence-electron chi connectivity index (χ1n) is 7.47. The van der Waals surface area contributed by atoms with Gasteiger partial charge < -0.3 is 9.64 Å². The Bertz CT molecular complexity index is 689. The minimum absolute atomic E-state index is 0.0101. The Morgan fingerprint density at radius 2 is 1.95 bits per heavy atom. The van der Waals surface area contributed by atoms with Gasteiger partial charge in [0.15, 0.2) is 9.84 Å². The molecule has 0 radical (unpaired) electrons. The van der Waals surface area contributed by atoms with E-state index in [1.165, 1.54) is 5.41 Å². The second-order valence-electron chi connectivity index (χ2n) is 5.63. The molecule has 6 heteroatoms. The lowest BCUT2D eigenvalue weighted by Gasteiger charge is -2.28. The highest BCUT2D eigenvalue weighted by Crippen LogP contribution is 2.35. The third-order valence-corrected chi connectivity index (χ3v) is 5.21. The monoisotopic (exact) mass is 321 g/mol. The number of hydrogen-bond acceptors (Lipinski definition) is 4. The first kappa shape index (κ1) is 15.1. The Morgan fingerprint density at radius 1 is 1.27 bits per heavy atom. The zero-order valence-corrected chi connectivity index (χ0v) is 13.3. The van der Waals surface area contributed by atoms with Crippen molar-refractivity contribution in [2.45, 2.75) is 25.8 Å². The largest absolute Gasteiger partial charge is 0.494 e. The molecule has 0 aromatic heterocycles. The Balaban J connectivity index is 1.88. The lowest BCUT2D eigenvalue weighted by atomic mass is 10.2. The molecule has 1 aliphatic heterocycles. The number of carbonyl (C=O) groups is 1. The number of amides is 1. The summed E-state index contributed by atoms with van der Waals surface area (Å²) < 4.78 is 28.8. The molecule has 1 heterocycles. The smallest absolute Gasteiger partial charge is 0.230 e. The van der Waals surface area contributed by atoms with Gasteiger partial charge in [-0.2, -0.15) is 0 Å². The molecule has 1 saturated carbocycles. The Hall–Kier alpha value is -1.82. The number of benzene rings is 1. The third kappa shape index (κ3) is 3.16. The maximum absolute atomic E-state index is 12.6. The Morgan fingerprint density at radius 3 is 2.45 bits per heavy atom. The molecule has 1 aliphatic carbocycles. The van der Waals surface area contributed by atoms with Crippen LogP contribution in [0.3, 0.4) is 0 Å². The van der Waals surface area contributed by atoms with E-state index in [1.807, 2.05) is 19.1 Å². The van der Waals surface area contributed by atoms with Gasteiger partial charge in [-0.15, -0.1) is 0 Å². The van der Waals surface area contributed by atoms with Crippen LogP contribution in [0.5, 0.6) is 5.75 Å². The van der Waals surface area contributed by atoms with Crippen LogP contribution in [0.2, 0.25) is 0 Å². The predicted octanol–water partition coefficient (Wildman–Crippen LogP) is 2.14.